The zero-order chi connectivity index (χ0) is 25.3. The van der Waals surface area contributed by atoms with Crippen LogP contribution in [0.15, 0.2) is 54.9 Å². The summed E-state index contributed by atoms with van der Waals surface area (Å²) in [7, 11) is 0. The van der Waals surface area contributed by atoms with Gasteiger partial charge in [-0.05, 0) is 48.7 Å². The van der Waals surface area contributed by atoms with Crippen LogP contribution in [0.5, 0.6) is 0 Å². The van der Waals surface area contributed by atoms with Gasteiger partial charge in [0.2, 0.25) is 0 Å². The van der Waals surface area contributed by atoms with Gasteiger partial charge in [0.05, 0.1) is 26.8 Å². The summed E-state index contributed by atoms with van der Waals surface area (Å²) in [6.45, 7) is 3.77. The molecular weight excluding hydrogens is 511 g/mol. The maximum absolute atomic E-state index is 13.1. The summed E-state index contributed by atoms with van der Waals surface area (Å²) in [4.78, 5) is 33.7. The van der Waals surface area contributed by atoms with E-state index < -0.39 is 17.9 Å². The molecule has 4 aromatic rings. The van der Waals surface area contributed by atoms with Gasteiger partial charge in [-0.25, -0.2) is 9.78 Å². The molecule has 0 fully saturated rings. The summed E-state index contributed by atoms with van der Waals surface area (Å²) in [5, 5.41) is 14.1. The predicted octanol–water partition coefficient (Wildman–Crippen LogP) is 6.28. The fraction of sp³-hybridized carbons (Fsp3) is 0.200. The van der Waals surface area contributed by atoms with Crippen LogP contribution in [0.4, 0.5) is 0 Å². The Balaban J connectivity index is 1.89. The van der Waals surface area contributed by atoms with Crippen molar-refractivity contribution in [3.05, 3.63) is 75.6 Å². The minimum absolute atomic E-state index is 0.0184. The Kier molecular flexibility index (Phi) is 7.31. The lowest BCUT2D eigenvalue weighted by molar-refractivity contribution is -0.139. The van der Waals surface area contributed by atoms with E-state index in [2.05, 4.69) is 15.3 Å². The standard InChI is InChI=1S/C25H21Cl3N4O3/c1-13(2)10-19(25(34)35)31-24(33)20-12-32(23(30-20)22-16(27)4-3-5-17(22)28)21-8-9-29-18-11-14(26)6-7-15(18)21/h3-9,11-13,19H,10H2,1-2H3,(H,31,33)(H,34,35)/t19-/m0/s1. The highest BCUT2D eigenvalue weighted by molar-refractivity contribution is 6.39. The third kappa shape index (κ3) is 5.27. The molecule has 0 aliphatic rings. The number of nitrogens with zero attached hydrogens (tertiary/aromatic N) is 3. The van der Waals surface area contributed by atoms with Gasteiger partial charge < -0.3 is 10.4 Å². The summed E-state index contributed by atoms with van der Waals surface area (Å²) >= 11 is 19.1. The Morgan fingerprint density at radius 2 is 1.80 bits per heavy atom. The molecule has 2 aromatic heterocycles. The van der Waals surface area contributed by atoms with Gasteiger partial charge in [-0.1, -0.05) is 54.7 Å². The minimum Gasteiger partial charge on any atom is -0.480 e. The summed E-state index contributed by atoms with van der Waals surface area (Å²) in [5.74, 6) is -1.34. The zero-order valence-corrected chi connectivity index (χ0v) is 21.1. The second-order valence-corrected chi connectivity index (χ2v) is 9.65. The van der Waals surface area contributed by atoms with Gasteiger partial charge in [0, 0.05) is 22.8 Å². The molecule has 2 aromatic carbocycles. The maximum Gasteiger partial charge on any atom is 0.326 e. The molecule has 0 saturated heterocycles. The second kappa shape index (κ2) is 10.2. The number of pyridine rings is 1. The maximum atomic E-state index is 13.1. The molecule has 10 heteroatoms. The summed E-state index contributed by atoms with van der Waals surface area (Å²) in [6, 6.07) is 11.1. The number of hydrogen-bond donors (Lipinski definition) is 2. The molecule has 0 bridgehead atoms. The first-order chi connectivity index (χ1) is 16.7. The Hall–Kier alpha value is -3.13. The highest BCUT2D eigenvalue weighted by Gasteiger charge is 2.26. The first-order valence-corrected chi connectivity index (χ1v) is 11.9. The van der Waals surface area contributed by atoms with Gasteiger partial charge >= 0.3 is 5.97 Å². The number of fused-ring (bicyclic) bond motifs is 1. The van der Waals surface area contributed by atoms with E-state index in [-0.39, 0.29) is 18.0 Å². The number of carbonyl (C=O) groups excluding carboxylic acids is 1. The number of carbonyl (C=O) groups is 2. The van der Waals surface area contributed by atoms with Gasteiger partial charge in [-0.15, -0.1) is 0 Å². The third-order valence-corrected chi connectivity index (χ3v) is 6.24. The molecule has 0 unspecified atom stereocenters. The average molecular weight is 532 g/mol. The molecule has 7 nitrogen and oxygen atoms in total. The summed E-state index contributed by atoms with van der Waals surface area (Å²) < 4.78 is 1.69. The number of halogens is 3. The van der Waals surface area contributed by atoms with E-state index in [1.54, 1.807) is 47.2 Å². The number of imidazole rings is 1. The number of hydrogen-bond acceptors (Lipinski definition) is 4. The second-order valence-electron chi connectivity index (χ2n) is 8.40. The van der Waals surface area contributed by atoms with Gasteiger partial charge in [0.1, 0.15) is 17.6 Å². The molecule has 2 N–H and O–H groups in total. The molecule has 4 rings (SSSR count). The van der Waals surface area contributed by atoms with Crippen LogP contribution in [0.25, 0.3) is 28.0 Å². The zero-order valence-electron chi connectivity index (χ0n) is 18.8. The smallest absolute Gasteiger partial charge is 0.326 e. The minimum atomic E-state index is -1.11. The Morgan fingerprint density at radius 3 is 2.46 bits per heavy atom. The number of carboxylic acid groups (broad SMARTS) is 1. The molecule has 0 aliphatic carbocycles. The summed E-state index contributed by atoms with van der Waals surface area (Å²) in [6.07, 6.45) is 3.43. The monoisotopic (exact) mass is 530 g/mol. The largest absolute Gasteiger partial charge is 0.480 e. The van der Waals surface area contributed by atoms with Crippen LogP contribution >= 0.6 is 34.8 Å². The van der Waals surface area contributed by atoms with E-state index in [4.69, 9.17) is 34.8 Å². The fourth-order valence-electron chi connectivity index (χ4n) is 3.80. The molecule has 1 amide bonds. The number of amides is 1. The molecule has 0 radical (unpaired) electrons. The average Bonchev–Trinajstić information content (AvgIpc) is 3.22. The molecule has 2 heterocycles. The first kappa shape index (κ1) is 25.0. The van der Waals surface area contributed by atoms with E-state index in [0.717, 1.165) is 5.39 Å². The van der Waals surface area contributed by atoms with E-state index in [1.165, 1.54) is 6.20 Å². The van der Waals surface area contributed by atoms with E-state index >= 15 is 0 Å². The van der Waals surface area contributed by atoms with Gasteiger partial charge in [0.15, 0.2) is 0 Å². The third-order valence-electron chi connectivity index (χ3n) is 5.38. The lowest BCUT2D eigenvalue weighted by Crippen LogP contribution is -2.41. The quantitative estimate of drug-likeness (QED) is 0.293. The van der Waals surface area contributed by atoms with Crippen molar-refractivity contribution in [2.45, 2.75) is 26.3 Å². The van der Waals surface area contributed by atoms with Crippen LogP contribution < -0.4 is 5.32 Å². The number of aliphatic carboxylic acids is 1. The first-order valence-electron chi connectivity index (χ1n) is 10.8. The number of nitrogens with one attached hydrogen (secondary N) is 1. The highest BCUT2D eigenvalue weighted by Crippen LogP contribution is 2.36. The van der Waals surface area contributed by atoms with Crippen molar-refractivity contribution in [3.63, 3.8) is 0 Å². The molecule has 0 spiro atoms. The number of rotatable bonds is 7. The molecule has 180 valence electrons. The van der Waals surface area contributed by atoms with Crippen LogP contribution in [0, 0.1) is 5.92 Å². The van der Waals surface area contributed by atoms with Crippen molar-refractivity contribution in [2.75, 3.05) is 0 Å². The summed E-state index contributed by atoms with van der Waals surface area (Å²) in [5.41, 5.74) is 1.77. The molecule has 1 atom stereocenters. The van der Waals surface area contributed by atoms with Gasteiger partial charge in [-0.2, -0.15) is 0 Å². The number of carboxylic acids is 1. The van der Waals surface area contributed by atoms with E-state index in [9.17, 15) is 14.7 Å². The van der Waals surface area contributed by atoms with Crippen LogP contribution in [0.1, 0.15) is 30.8 Å². The molecule has 35 heavy (non-hydrogen) atoms. The molecular formula is C25H21Cl3N4O3. The van der Waals surface area contributed by atoms with Crippen LogP contribution in [-0.4, -0.2) is 37.6 Å². The van der Waals surface area contributed by atoms with Gasteiger partial charge in [0.25, 0.3) is 5.91 Å². The van der Waals surface area contributed by atoms with E-state index in [1.807, 2.05) is 19.9 Å². The van der Waals surface area contributed by atoms with Crippen molar-refractivity contribution >= 4 is 57.6 Å². The van der Waals surface area contributed by atoms with Crippen molar-refractivity contribution in [2.24, 2.45) is 5.92 Å². The lowest BCUT2D eigenvalue weighted by atomic mass is 10.0. The Bertz CT molecular complexity index is 1410. The number of benzene rings is 2. The van der Waals surface area contributed by atoms with Crippen molar-refractivity contribution in [1.29, 1.82) is 0 Å². The van der Waals surface area contributed by atoms with Crippen LogP contribution in [0.2, 0.25) is 15.1 Å². The highest BCUT2D eigenvalue weighted by atomic mass is 35.5. The van der Waals surface area contributed by atoms with Crippen molar-refractivity contribution in [3.8, 4) is 17.1 Å². The lowest BCUT2D eigenvalue weighted by Gasteiger charge is -2.15. The van der Waals surface area contributed by atoms with Crippen LogP contribution in [-0.2, 0) is 4.79 Å². The number of aromatic nitrogens is 3. The predicted molar refractivity (Wildman–Crippen MR) is 138 cm³/mol. The Morgan fingerprint density at radius 1 is 1.09 bits per heavy atom. The Labute approximate surface area is 216 Å². The van der Waals surface area contributed by atoms with Crippen molar-refractivity contribution in [1.82, 2.24) is 19.9 Å². The topological polar surface area (TPSA) is 97.1 Å². The van der Waals surface area contributed by atoms with Crippen molar-refractivity contribution < 1.29 is 14.7 Å². The molecule has 0 saturated carbocycles. The normalized spacial score (nSPS) is 12.2. The van der Waals surface area contributed by atoms with Gasteiger partial charge in [-0.3, -0.25) is 14.3 Å². The van der Waals surface area contributed by atoms with Crippen LogP contribution in [0.3, 0.4) is 0 Å². The SMILES string of the molecule is CC(C)C[C@H](NC(=O)c1cn(-c2ccnc3cc(Cl)ccc23)c(-c2c(Cl)cccc2Cl)n1)C(=O)O. The molecule has 0 aliphatic heterocycles. The fourth-order valence-corrected chi connectivity index (χ4v) is 4.54. The van der Waals surface area contributed by atoms with E-state index in [0.29, 0.717) is 37.7 Å².